The zero-order chi connectivity index (χ0) is 23.5. The third-order valence-corrected chi connectivity index (χ3v) is 5.55. The summed E-state index contributed by atoms with van der Waals surface area (Å²) in [6.07, 6.45) is 1.74. The lowest BCUT2D eigenvalue weighted by atomic mass is 9.92. The van der Waals surface area contributed by atoms with E-state index in [1.54, 1.807) is 47.5 Å². The van der Waals surface area contributed by atoms with E-state index in [1.165, 1.54) is 12.0 Å². The fourth-order valence-electron chi connectivity index (χ4n) is 3.89. The Morgan fingerprint density at radius 3 is 2.62 bits per heavy atom. The molecule has 1 aromatic carbocycles. The van der Waals surface area contributed by atoms with Crippen LogP contribution in [-0.2, 0) is 0 Å². The van der Waals surface area contributed by atoms with Gasteiger partial charge in [-0.25, -0.2) is 13.8 Å². The highest BCUT2D eigenvalue weighted by Gasteiger charge is 2.45. The lowest BCUT2D eigenvalue weighted by molar-refractivity contribution is -0.0818. The zero-order valence-electron chi connectivity index (χ0n) is 19.0. The highest BCUT2D eigenvalue weighted by molar-refractivity contribution is 6.09. The fraction of sp³-hybridized carbons (Fsp3) is 0.500. The van der Waals surface area contributed by atoms with Crippen LogP contribution in [-0.4, -0.2) is 55.3 Å². The number of aliphatic hydroxyl groups is 1. The molecule has 1 N–H and O–H groups in total. The maximum absolute atomic E-state index is 14.6. The lowest BCUT2D eigenvalue weighted by Crippen LogP contribution is -2.50. The van der Waals surface area contributed by atoms with E-state index in [2.05, 4.69) is 4.98 Å². The lowest BCUT2D eigenvalue weighted by Gasteiger charge is -2.40. The number of halogens is 2. The average Bonchev–Trinajstić information content (AvgIpc) is 2.76. The standard InChI is InChI=1S/C24H31F2N3O3/c1-23(2,3)15-29(21-7-5-6-11-27-21)22(31)19-9-8-18(32-4)13-20(19)28-12-10-17(14-30)24(25,26)16-28/h5-9,11,13,17,30H,10,12,14-16H2,1-4H3. The molecule has 6 nitrogen and oxygen atoms in total. The number of hydrogen-bond donors (Lipinski definition) is 1. The highest BCUT2D eigenvalue weighted by Crippen LogP contribution is 2.38. The van der Waals surface area contributed by atoms with Gasteiger partial charge in [0.05, 0.1) is 31.5 Å². The van der Waals surface area contributed by atoms with Crippen molar-refractivity contribution in [2.45, 2.75) is 33.1 Å². The molecule has 1 aliphatic rings. The Morgan fingerprint density at radius 2 is 2.06 bits per heavy atom. The molecule has 3 rings (SSSR count). The second-order valence-corrected chi connectivity index (χ2v) is 9.37. The minimum absolute atomic E-state index is 0.125. The summed E-state index contributed by atoms with van der Waals surface area (Å²) in [7, 11) is 1.49. The number of nitrogens with zero attached hydrogens (tertiary/aromatic N) is 3. The van der Waals surface area contributed by atoms with Gasteiger partial charge in [-0.2, -0.15) is 0 Å². The van der Waals surface area contributed by atoms with Crippen molar-refractivity contribution in [2.24, 2.45) is 11.3 Å². The van der Waals surface area contributed by atoms with Gasteiger partial charge in [-0.05, 0) is 36.1 Å². The van der Waals surface area contributed by atoms with E-state index in [0.29, 0.717) is 35.9 Å². The van der Waals surface area contributed by atoms with Gasteiger partial charge in [0.15, 0.2) is 0 Å². The van der Waals surface area contributed by atoms with Crippen LogP contribution in [0.2, 0.25) is 0 Å². The first-order chi connectivity index (χ1) is 15.1. The molecule has 1 aromatic heterocycles. The number of methoxy groups -OCH3 is 1. The predicted molar refractivity (Wildman–Crippen MR) is 121 cm³/mol. The quantitative estimate of drug-likeness (QED) is 0.718. The second-order valence-electron chi connectivity index (χ2n) is 9.37. The molecule has 0 bridgehead atoms. The van der Waals surface area contributed by atoms with Gasteiger partial charge in [0.2, 0.25) is 0 Å². The van der Waals surface area contributed by atoms with E-state index in [9.17, 15) is 18.7 Å². The molecule has 1 atom stereocenters. The van der Waals surface area contributed by atoms with E-state index >= 15 is 0 Å². The van der Waals surface area contributed by atoms with Gasteiger partial charge in [0, 0.05) is 31.3 Å². The van der Waals surface area contributed by atoms with Crippen LogP contribution in [0.5, 0.6) is 5.75 Å². The maximum atomic E-state index is 14.6. The number of anilines is 2. The van der Waals surface area contributed by atoms with Crippen LogP contribution >= 0.6 is 0 Å². The van der Waals surface area contributed by atoms with Crippen molar-refractivity contribution in [2.75, 3.05) is 43.2 Å². The Hall–Kier alpha value is -2.74. The average molecular weight is 448 g/mol. The molecule has 1 saturated heterocycles. The number of hydrogen-bond acceptors (Lipinski definition) is 5. The molecule has 1 amide bonds. The van der Waals surface area contributed by atoms with E-state index < -0.39 is 25.0 Å². The van der Waals surface area contributed by atoms with Crippen molar-refractivity contribution in [3.8, 4) is 5.75 Å². The molecule has 32 heavy (non-hydrogen) atoms. The Morgan fingerprint density at radius 1 is 1.31 bits per heavy atom. The van der Waals surface area contributed by atoms with Crippen molar-refractivity contribution < 1.29 is 23.4 Å². The van der Waals surface area contributed by atoms with E-state index in [4.69, 9.17) is 4.74 Å². The summed E-state index contributed by atoms with van der Waals surface area (Å²) in [5.41, 5.74) is 0.478. The number of aliphatic hydroxyl groups excluding tert-OH is 1. The molecule has 1 fully saturated rings. The topological polar surface area (TPSA) is 65.9 Å². The Balaban J connectivity index is 2.03. The number of benzene rings is 1. The zero-order valence-corrected chi connectivity index (χ0v) is 19.0. The van der Waals surface area contributed by atoms with Crippen LogP contribution in [0, 0.1) is 11.3 Å². The summed E-state index contributed by atoms with van der Waals surface area (Å²) < 4.78 is 34.6. The van der Waals surface area contributed by atoms with Gasteiger partial charge < -0.3 is 14.7 Å². The molecule has 0 spiro atoms. The van der Waals surface area contributed by atoms with Crippen molar-refractivity contribution >= 4 is 17.4 Å². The molecular formula is C24H31F2N3O3. The first-order valence-corrected chi connectivity index (χ1v) is 10.7. The first kappa shape index (κ1) is 23.9. The van der Waals surface area contributed by atoms with Gasteiger partial charge in [-0.1, -0.05) is 26.8 Å². The molecule has 2 aromatic rings. The van der Waals surface area contributed by atoms with E-state index in [0.717, 1.165) is 0 Å². The van der Waals surface area contributed by atoms with Crippen molar-refractivity contribution in [3.63, 3.8) is 0 Å². The number of ether oxygens (including phenoxy) is 1. The van der Waals surface area contributed by atoms with Gasteiger partial charge in [-0.3, -0.25) is 9.69 Å². The van der Waals surface area contributed by atoms with Crippen molar-refractivity contribution in [1.29, 1.82) is 0 Å². The Labute approximate surface area is 187 Å². The van der Waals surface area contributed by atoms with E-state index in [-0.39, 0.29) is 17.7 Å². The Kier molecular flexibility index (Phi) is 7.03. The number of pyridine rings is 1. The molecular weight excluding hydrogens is 416 g/mol. The summed E-state index contributed by atoms with van der Waals surface area (Å²) in [5.74, 6) is -3.50. The third kappa shape index (κ3) is 5.35. The molecule has 2 heterocycles. The van der Waals surface area contributed by atoms with Crippen molar-refractivity contribution in [1.82, 2.24) is 4.98 Å². The second kappa shape index (κ2) is 9.40. The summed E-state index contributed by atoms with van der Waals surface area (Å²) in [6.45, 7) is 5.62. The van der Waals surface area contributed by atoms with Crippen LogP contribution in [0.25, 0.3) is 0 Å². The van der Waals surface area contributed by atoms with Gasteiger partial charge in [-0.15, -0.1) is 0 Å². The van der Waals surface area contributed by atoms with Crippen LogP contribution in [0.1, 0.15) is 37.6 Å². The molecule has 0 saturated carbocycles. The number of aromatic nitrogens is 1. The minimum atomic E-state index is -3.07. The monoisotopic (exact) mass is 447 g/mol. The largest absolute Gasteiger partial charge is 0.497 e. The normalized spacial score (nSPS) is 18.3. The SMILES string of the molecule is COc1ccc(C(=O)N(CC(C)(C)C)c2ccccn2)c(N2CCC(CO)C(F)(F)C2)c1. The van der Waals surface area contributed by atoms with E-state index in [1.807, 2.05) is 20.8 Å². The van der Waals surface area contributed by atoms with Gasteiger partial charge >= 0.3 is 0 Å². The smallest absolute Gasteiger partial charge is 0.270 e. The molecule has 0 aliphatic carbocycles. The Bertz CT molecular complexity index is 932. The molecule has 1 aliphatic heterocycles. The first-order valence-electron chi connectivity index (χ1n) is 10.7. The van der Waals surface area contributed by atoms with Crippen LogP contribution in [0.4, 0.5) is 20.3 Å². The molecule has 0 radical (unpaired) electrons. The molecule has 174 valence electrons. The number of piperidine rings is 1. The van der Waals surface area contributed by atoms with Crippen LogP contribution < -0.4 is 14.5 Å². The summed E-state index contributed by atoms with van der Waals surface area (Å²) in [4.78, 5) is 21.2. The maximum Gasteiger partial charge on any atom is 0.270 e. The van der Waals surface area contributed by atoms with Crippen LogP contribution in [0.3, 0.4) is 0 Å². The molecule has 8 heteroatoms. The highest BCUT2D eigenvalue weighted by atomic mass is 19.3. The number of carbonyl (C=O) groups is 1. The molecule has 1 unspecified atom stereocenters. The number of rotatable bonds is 6. The van der Waals surface area contributed by atoms with Gasteiger partial charge in [0.1, 0.15) is 11.6 Å². The predicted octanol–water partition coefficient (Wildman–Crippen LogP) is 4.24. The number of amides is 1. The number of alkyl halides is 2. The summed E-state index contributed by atoms with van der Waals surface area (Å²) in [5, 5.41) is 9.33. The fourth-order valence-corrected chi connectivity index (χ4v) is 3.89. The van der Waals surface area contributed by atoms with Crippen molar-refractivity contribution in [3.05, 3.63) is 48.2 Å². The summed E-state index contributed by atoms with van der Waals surface area (Å²) in [6, 6.07) is 10.2. The van der Waals surface area contributed by atoms with Crippen LogP contribution in [0.15, 0.2) is 42.6 Å². The van der Waals surface area contributed by atoms with Gasteiger partial charge in [0.25, 0.3) is 11.8 Å². The number of carbonyl (C=O) groups excluding carboxylic acids is 1. The minimum Gasteiger partial charge on any atom is -0.497 e. The third-order valence-electron chi connectivity index (χ3n) is 5.55. The summed E-state index contributed by atoms with van der Waals surface area (Å²) >= 11 is 0.